The lowest BCUT2D eigenvalue weighted by Gasteiger charge is -2.14. The first-order chi connectivity index (χ1) is 30.3. The van der Waals surface area contributed by atoms with Gasteiger partial charge in [0.2, 0.25) is 5.95 Å². The minimum absolute atomic E-state index is 0.608. The molecule has 0 aliphatic rings. The number of rotatable bonds is 5. The van der Waals surface area contributed by atoms with Crippen molar-refractivity contribution in [1.29, 1.82) is 0 Å². The van der Waals surface area contributed by atoms with Crippen LogP contribution in [0.1, 0.15) is 0 Å². The summed E-state index contributed by atoms with van der Waals surface area (Å²) in [6, 6.07) is 73.1. The third kappa shape index (κ3) is 5.08. The van der Waals surface area contributed by atoms with Crippen LogP contribution in [0.25, 0.3) is 122 Å². The summed E-state index contributed by atoms with van der Waals surface area (Å²) in [5.41, 5.74) is 14.5. The highest BCUT2D eigenvalue weighted by Gasteiger charge is 2.25. The molecule has 0 unspecified atom stereocenters. The van der Waals surface area contributed by atoms with Crippen molar-refractivity contribution in [3.05, 3.63) is 206 Å². The van der Waals surface area contributed by atoms with Gasteiger partial charge in [-0.3, -0.25) is 4.57 Å². The Morgan fingerprint density at radius 1 is 0.377 bits per heavy atom. The van der Waals surface area contributed by atoms with Crippen LogP contribution < -0.4 is 0 Å². The Kier molecular flexibility index (Phi) is 7.24. The van der Waals surface area contributed by atoms with E-state index in [1.54, 1.807) is 0 Å². The average Bonchev–Trinajstić information content (AvgIpc) is 3.99. The van der Waals surface area contributed by atoms with Gasteiger partial charge in [-0.2, -0.15) is 0 Å². The molecule has 0 atom stereocenters. The Hall–Kier alpha value is -8.28. The van der Waals surface area contributed by atoms with Crippen molar-refractivity contribution in [3.8, 4) is 45.1 Å². The fraction of sp³-hybridized carbons (Fsp3) is 0. The summed E-state index contributed by atoms with van der Waals surface area (Å²) in [5.74, 6) is 0.608. The molecule has 9 aromatic carbocycles. The molecule has 0 aliphatic heterocycles. The second-order valence-electron chi connectivity index (χ2n) is 15.7. The average molecular weight is 779 g/mol. The van der Waals surface area contributed by atoms with E-state index in [1.807, 2.05) is 18.2 Å². The molecule has 4 heterocycles. The highest BCUT2D eigenvalue weighted by molar-refractivity contribution is 6.27. The van der Waals surface area contributed by atoms with E-state index in [0.29, 0.717) is 5.95 Å². The van der Waals surface area contributed by atoms with Crippen LogP contribution in [-0.4, -0.2) is 19.1 Å². The molecule has 0 bridgehead atoms. The highest BCUT2D eigenvalue weighted by Crippen LogP contribution is 2.46. The summed E-state index contributed by atoms with van der Waals surface area (Å²) < 4.78 is 11.4. The number of nitrogens with zero attached hydrogens (tertiary/aromatic N) is 4. The molecule has 0 N–H and O–H groups in total. The fourth-order valence-corrected chi connectivity index (χ4v) is 9.61. The first kappa shape index (κ1) is 33.7. The maximum Gasteiger partial charge on any atom is 0.235 e. The van der Waals surface area contributed by atoms with E-state index in [-0.39, 0.29) is 0 Å². The molecule has 5 heteroatoms. The molecule has 0 fully saturated rings. The number of benzene rings is 9. The number of aromatic nitrogens is 4. The van der Waals surface area contributed by atoms with E-state index in [0.717, 1.165) is 93.8 Å². The first-order valence-electron chi connectivity index (χ1n) is 20.7. The van der Waals surface area contributed by atoms with Crippen molar-refractivity contribution in [2.75, 3.05) is 0 Å². The molecule has 0 amide bonds. The van der Waals surface area contributed by atoms with Gasteiger partial charge in [-0.25, -0.2) is 9.97 Å². The Balaban J connectivity index is 1.10. The molecular formula is C56H34N4O. The number of hydrogen-bond donors (Lipinski definition) is 0. The molecule has 0 radical (unpaired) electrons. The zero-order chi connectivity index (χ0) is 40.0. The molecular weight excluding hydrogens is 745 g/mol. The monoisotopic (exact) mass is 778 g/mol. The van der Waals surface area contributed by atoms with E-state index in [2.05, 4.69) is 197 Å². The van der Waals surface area contributed by atoms with Crippen LogP contribution >= 0.6 is 0 Å². The largest absolute Gasteiger partial charge is 0.455 e. The van der Waals surface area contributed by atoms with Crippen LogP contribution in [-0.2, 0) is 0 Å². The quantitative estimate of drug-likeness (QED) is 0.175. The van der Waals surface area contributed by atoms with E-state index in [4.69, 9.17) is 14.4 Å². The van der Waals surface area contributed by atoms with Crippen molar-refractivity contribution in [2.24, 2.45) is 0 Å². The Morgan fingerprint density at radius 3 is 1.84 bits per heavy atom. The van der Waals surface area contributed by atoms with Crippen LogP contribution in [0.2, 0.25) is 0 Å². The van der Waals surface area contributed by atoms with E-state index < -0.39 is 0 Å². The normalized spacial score (nSPS) is 11.9. The van der Waals surface area contributed by atoms with Crippen LogP contribution in [0.5, 0.6) is 0 Å². The maximum atomic E-state index is 6.82. The van der Waals surface area contributed by atoms with Crippen LogP contribution in [0.4, 0.5) is 0 Å². The molecule has 0 spiro atoms. The SMILES string of the molecule is c1ccc(-c2nc(-n3c4ccccc4c4c5oc6ccccc6c5cc(-c5cccc(-c6ccc7c(c6)c6ccccc6n7-c6ccccc6)c5)c43)nc3ccccc23)cc1. The number of furan rings is 1. The first-order valence-corrected chi connectivity index (χ1v) is 20.7. The predicted molar refractivity (Wildman–Crippen MR) is 252 cm³/mol. The predicted octanol–water partition coefficient (Wildman–Crippen LogP) is 14.7. The second kappa shape index (κ2) is 13.1. The van der Waals surface area contributed by atoms with Gasteiger partial charge in [-0.1, -0.05) is 146 Å². The molecule has 13 aromatic rings. The van der Waals surface area contributed by atoms with Gasteiger partial charge >= 0.3 is 0 Å². The van der Waals surface area contributed by atoms with Crippen molar-refractivity contribution in [1.82, 2.24) is 19.1 Å². The number of fused-ring (bicyclic) bond motifs is 11. The minimum Gasteiger partial charge on any atom is -0.455 e. The third-order valence-corrected chi connectivity index (χ3v) is 12.3. The summed E-state index contributed by atoms with van der Waals surface area (Å²) in [6.45, 7) is 0. The molecule has 0 saturated carbocycles. The molecule has 4 aromatic heterocycles. The third-order valence-electron chi connectivity index (χ3n) is 12.3. The Morgan fingerprint density at radius 2 is 1.00 bits per heavy atom. The van der Waals surface area contributed by atoms with Gasteiger partial charge in [0.05, 0.1) is 38.7 Å². The zero-order valence-corrected chi connectivity index (χ0v) is 32.8. The topological polar surface area (TPSA) is 48.8 Å². The van der Waals surface area contributed by atoms with Gasteiger partial charge < -0.3 is 8.98 Å². The van der Waals surface area contributed by atoms with Crippen molar-refractivity contribution in [2.45, 2.75) is 0 Å². The van der Waals surface area contributed by atoms with Crippen LogP contribution in [0, 0.1) is 0 Å². The summed E-state index contributed by atoms with van der Waals surface area (Å²) in [6.07, 6.45) is 0. The maximum absolute atomic E-state index is 6.82. The summed E-state index contributed by atoms with van der Waals surface area (Å²) in [5, 5.41) is 7.74. The molecule has 61 heavy (non-hydrogen) atoms. The highest BCUT2D eigenvalue weighted by atomic mass is 16.3. The smallest absolute Gasteiger partial charge is 0.235 e. The van der Waals surface area contributed by atoms with Gasteiger partial charge in [0.1, 0.15) is 11.2 Å². The van der Waals surface area contributed by atoms with E-state index >= 15 is 0 Å². The number of hydrogen-bond acceptors (Lipinski definition) is 3. The van der Waals surface area contributed by atoms with Crippen LogP contribution in [0.3, 0.4) is 0 Å². The fourth-order valence-electron chi connectivity index (χ4n) is 9.61. The summed E-state index contributed by atoms with van der Waals surface area (Å²) in [7, 11) is 0. The zero-order valence-electron chi connectivity index (χ0n) is 32.8. The molecule has 0 saturated heterocycles. The summed E-state index contributed by atoms with van der Waals surface area (Å²) in [4.78, 5) is 10.8. The molecule has 0 aliphatic carbocycles. The van der Waals surface area contributed by atoms with Gasteiger partial charge in [0.15, 0.2) is 0 Å². The van der Waals surface area contributed by atoms with E-state index in [1.165, 1.54) is 21.8 Å². The van der Waals surface area contributed by atoms with Gasteiger partial charge in [0.25, 0.3) is 0 Å². The van der Waals surface area contributed by atoms with Crippen molar-refractivity contribution >= 4 is 76.5 Å². The van der Waals surface area contributed by atoms with Crippen molar-refractivity contribution < 1.29 is 4.42 Å². The van der Waals surface area contributed by atoms with Gasteiger partial charge in [0, 0.05) is 49.1 Å². The number of para-hydroxylation sites is 5. The van der Waals surface area contributed by atoms with Crippen LogP contribution in [0.15, 0.2) is 211 Å². The Bertz CT molecular complexity index is 3880. The van der Waals surface area contributed by atoms with E-state index in [9.17, 15) is 0 Å². The lowest BCUT2D eigenvalue weighted by atomic mass is 9.95. The van der Waals surface area contributed by atoms with Crippen molar-refractivity contribution in [3.63, 3.8) is 0 Å². The standard InChI is InChI=1S/C56H34N4O/c1-3-16-35(17-4-1)53-42-24-7-11-26-47(42)57-56(58-53)60-49-28-13-9-25-43(49)52-54(60)44(34-46-41-23-10-14-29-51(41)61-55(46)52)38-19-15-18-36(32-38)37-30-31-50-45(33-37)40-22-8-12-27-48(40)59(50)39-20-5-2-6-21-39/h1-34H. The minimum atomic E-state index is 0.608. The lowest BCUT2D eigenvalue weighted by Crippen LogP contribution is -2.04. The lowest BCUT2D eigenvalue weighted by molar-refractivity contribution is 0.673. The molecule has 5 nitrogen and oxygen atoms in total. The Labute approximate surface area is 350 Å². The molecule has 13 rings (SSSR count). The van der Waals surface area contributed by atoms with Gasteiger partial charge in [-0.05, 0) is 77.4 Å². The summed E-state index contributed by atoms with van der Waals surface area (Å²) >= 11 is 0. The van der Waals surface area contributed by atoms with Gasteiger partial charge in [-0.15, -0.1) is 0 Å². The molecule has 284 valence electrons. The second-order valence-corrected chi connectivity index (χ2v) is 15.7.